The van der Waals surface area contributed by atoms with Gasteiger partial charge in [-0.3, -0.25) is 9.59 Å². The molecule has 0 saturated heterocycles. The smallest absolute Gasteiger partial charge is 0.247 e. The highest BCUT2D eigenvalue weighted by atomic mass is 16.5. The van der Waals surface area contributed by atoms with Crippen molar-refractivity contribution in [2.45, 2.75) is 45.3 Å². The van der Waals surface area contributed by atoms with Gasteiger partial charge in [-0.05, 0) is 74.7 Å². The molecule has 10 heteroatoms. The molecular formula is C31H37N5O5. The average molecular weight is 560 g/mol. The Kier molecular flexibility index (Phi) is 9.11. The van der Waals surface area contributed by atoms with Crippen LogP contribution in [-0.4, -0.2) is 65.1 Å². The van der Waals surface area contributed by atoms with Gasteiger partial charge in [-0.1, -0.05) is 35.5 Å². The zero-order chi connectivity index (χ0) is 29.6. The Morgan fingerprint density at radius 2 is 1.68 bits per heavy atom. The van der Waals surface area contributed by atoms with E-state index in [1.165, 1.54) is 0 Å². The maximum atomic E-state index is 14.1. The number of hydrogen-bond donors (Lipinski definition) is 1. The molecule has 1 atom stereocenters. The molecule has 4 rings (SSSR count). The number of rotatable bonds is 11. The van der Waals surface area contributed by atoms with Crippen molar-refractivity contribution >= 4 is 22.8 Å². The highest BCUT2D eigenvalue weighted by Gasteiger charge is 2.34. The summed E-state index contributed by atoms with van der Waals surface area (Å²) in [5.41, 5.74) is 2.46. The van der Waals surface area contributed by atoms with Gasteiger partial charge in [0, 0.05) is 12.1 Å². The first kappa shape index (κ1) is 29.4. The molecule has 0 fully saturated rings. The van der Waals surface area contributed by atoms with Gasteiger partial charge >= 0.3 is 0 Å². The van der Waals surface area contributed by atoms with Crippen molar-refractivity contribution in [3.63, 3.8) is 0 Å². The van der Waals surface area contributed by atoms with E-state index in [9.17, 15) is 9.59 Å². The number of methoxy groups -OCH3 is 3. The summed E-state index contributed by atoms with van der Waals surface area (Å²) >= 11 is 0. The van der Waals surface area contributed by atoms with Crippen LogP contribution in [0, 0.1) is 0 Å². The quantitative estimate of drug-likeness (QED) is 0.294. The van der Waals surface area contributed by atoms with E-state index >= 15 is 0 Å². The molecule has 10 nitrogen and oxygen atoms in total. The molecule has 0 aliphatic carbocycles. The summed E-state index contributed by atoms with van der Waals surface area (Å²) < 4.78 is 17.9. The minimum atomic E-state index is -0.924. The van der Waals surface area contributed by atoms with E-state index in [0.717, 1.165) is 11.1 Å². The van der Waals surface area contributed by atoms with Crippen molar-refractivity contribution in [1.82, 2.24) is 25.2 Å². The predicted molar refractivity (Wildman–Crippen MR) is 156 cm³/mol. The lowest BCUT2D eigenvalue weighted by molar-refractivity contribution is -0.142. The zero-order valence-corrected chi connectivity index (χ0v) is 24.4. The molecule has 0 aliphatic heterocycles. The summed E-state index contributed by atoms with van der Waals surface area (Å²) in [4.78, 5) is 29.6. The minimum absolute atomic E-state index is 0.0876. The van der Waals surface area contributed by atoms with Crippen LogP contribution in [0.1, 0.15) is 37.9 Å². The molecule has 41 heavy (non-hydrogen) atoms. The van der Waals surface area contributed by atoms with Crippen molar-refractivity contribution < 1.29 is 23.8 Å². The molecule has 3 aromatic carbocycles. The first-order valence-electron chi connectivity index (χ1n) is 13.4. The van der Waals surface area contributed by atoms with Crippen LogP contribution in [0.3, 0.4) is 0 Å². The lowest BCUT2D eigenvalue weighted by Crippen LogP contribution is -2.50. The molecule has 0 spiro atoms. The van der Waals surface area contributed by atoms with E-state index in [1.807, 2.05) is 75.4 Å². The second kappa shape index (κ2) is 12.7. The number of amides is 2. The lowest BCUT2D eigenvalue weighted by Gasteiger charge is -2.34. The summed E-state index contributed by atoms with van der Waals surface area (Å²) in [6, 6.07) is 19.4. The van der Waals surface area contributed by atoms with E-state index in [0.29, 0.717) is 34.7 Å². The maximum absolute atomic E-state index is 14.1. The molecule has 1 N–H and O–H groups in total. The number of hydrogen-bond acceptors (Lipinski definition) is 7. The first-order chi connectivity index (χ1) is 19.6. The van der Waals surface area contributed by atoms with Crippen LogP contribution in [0.5, 0.6) is 17.2 Å². The van der Waals surface area contributed by atoms with Gasteiger partial charge in [-0.25, -0.2) is 4.68 Å². The van der Waals surface area contributed by atoms with E-state index in [1.54, 1.807) is 43.0 Å². The fourth-order valence-electron chi connectivity index (χ4n) is 4.66. The minimum Gasteiger partial charge on any atom is -0.497 e. The maximum Gasteiger partial charge on any atom is 0.247 e. The number of nitrogens with one attached hydrogen (secondary N) is 1. The van der Waals surface area contributed by atoms with E-state index in [4.69, 9.17) is 14.2 Å². The van der Waals surface area contributed by atoms with Crippen LogP contribution in [0.2, 0.25) is 0 Å². The zero-order valence-electron chi connectivity index (χ0n) is 24.4. The normalized spacial score (nSPS) is 12.0. The van der Waals surface area contributed by atoms with E-state index in [2.05, 4.69) is 15.6 Å². The molecule has 0 bridgehead atoms. The van der Waals surface area contributed by atoms with Crippen molar-refractivity contribution in [2.24, 2.45) is 0 Å². The van der Waals surface area contributed by atoms with Crippen LogP contribution >= 0.6 is 0 Å². The molecule has 2 amide bonds. The topological polar surface area (TPSA) is 108 Å². The number of carbonyl (C=O) groups excluding carboxylic acids is 2. The highest BCUT2D eigenvalue weighted by molar-refractivity contribution is 5.89. The van der Waals surface area contributed by atoms with E-state index in [-0.39, 0.29) is 24.9 Å². The predicted octanol–water partition coefficient (Wildman–Crippen LogP) is 4.18. The molecule has 1 heterocycles. The van der Waals surface area contributed by atoms with Gasteiger partial charge in [0.15, 0.2) is 11.5 Å². The van der Waals surface area contributed by atoms with Gasteiger partial charge in [0.1, 0.15) is 23.9 Å². The molecule has 0 saturated carbocycles. The van der Waals surface area contributed by atoms with Gasteiger partial charge < -0.3 is 24.4 Å². The number of para-hydroxylation sites is 1. The summed E-state index contributed by atoms with van der Waals surface area (Å²) in [6.07, 6.45) is 0.466. The van der Waals surface area contributed by atoms with Crippen LogP contribution in [0.25, 0.3) is 11.0 Å². The Labute approximate surface area is 240 Å². The van der Waals surface area contributed by atoms with Crippen molar-refractivity contribution in [1.29, 1.82) is 0 Å². The second-order valence-electron chi connectivity index (χ2n) is 10.7. The van der Waals surface area contributed by atoms with Crippen LogP contribution in [0.15, 0.2) is 66.7 Å². The third-order valence-electron chi connectivity index (χ3n) is 6.58. The SMILES string of the molecule is COc1cccc([C@@H](C(=O)NC(C)(C)C)N(CCc2ccc(OC)c(OC)c2)C(=O)Cn2nnc3ccccc32)c1. The van der Waals surface area contributed by atoms with Gasteiger partial charge in [-0.2, -0.15) is 0 Å². The number of carbonyl (C=O) groups is 2. The number of nitrogens with zero attached hydrogens (tertiary/aromatic N) is 4. The third-order valence-corrected chi connectivity index (χ3v) is 6.58. The first-order valence-corrected chi connectivity index (χ1v) is 13.4. The molecular weight excluding hydrogens is 522 g/mol. The summed E-state index contributed by atoms with van der Waals surface area (Å²) in [6.45, 7) is 5.89. The highest BCUT2D eigenvalue weighted by Crippen LogP contribution is 2.30. The molecule has 0 radical (unpaired) electrons. The summed E-state index contributed by atoms with van der Waals surface area (Å²) in [5.74, 6) is 1.21. The van der Waals surface area contributed by atoms with Crippen LogP contribution in [-0.2, 0) is 22.6 Å². The molecule has 216 valence electrons. The van der Waals surface area contributed by atoms with Crippen LogP contribution in [0.4, 0.5) is 0 Å². The summed E-state index contributed by atoms with van der Waals surface area (Å²) in [5, 5.41) is 11.5. The van der Waals surface area contributed by atoms with Gasteiger partial charge in [-0.15, -0.1) is 5.10 Å². The molecule has 4 aromatic rings. The van der Waals surface area contributed by atoms with Gasteiger partial charge in [0.2, 0.25) is 11.8 Å². The fraction of sp³-hybridized carbons (Fsp3) is 0.355. The monoisotopic (exact) mass is 559 g/mol. The van der Waals surface area contributed by atoms with Gasteiger partial charge in [0.05, 0.1) is 26.8 Å². The Hall–Kier alpha value is -4.60. The summed E-state index contributed by atoms with van der Waals surface area (Å²) in [7, 11) is 4.73. The molecule has 0 unspecified atom stereocenters. The Morgan fingerprint density at radius 3 is 2.39 bits per heavy atom. The molecule has 0 aliphatic rings. The van der Waals surface area contributed by atoms with E-state index < -0.39 is 11.6 Å². The van der Waals surface area contributed by atoms with Crippen LogP contribution < -0.4 is 19.5 Å². The standard InChI is InChI=1S/C31H37N5O5/c1-31(2,3)32-30(38)29(22-10-9-11-23(19-22)39-4)35(17-16-21-14-15-26(40-5)27(18-21)41-6)28(37)20-36-25-13-8-7-12-24(25)33-34-36/h7-15,18-19,29H,16-17,20H2,1-6H3,(H,32,38)/t29-/m0/s1. The van der Waals surface area contributed by atoms with Crippen molar-refractivity contribution in [3.8, 4) is 17.2 Å². The Bertz CT molecular complexity index is 1510. The van der Waals surface area contributed by atoms with Crippen molar-refractivity contribution in [2.75, 3.05) is 27.9 Å². The van der Waals surface area contributed by atoms with Crippen molar-refractivity contribution in [3.05, 3.63) is 77.9 Å². The number of ether oxygens (including phenoxy) is 3. The number of fused-ring (bicyclic) bond motifs is 1. The lowest BCUT2D eigenvalue weighted by atomic mass is 10.00. The Morgan fingerprint density at radius 1 is 0.927 bits per heavy atom. The largest absolute Gasteiger partial charge is 0.497 e. The Balaban J connectivity index is 1.74. The average Bonchev–Trinajstić information content (AvgIpc) is 3.36. The number of aromatic nitrogens is 3. The molecule has 1 aromatic heterocycles. The fourth-order valence-corrected chi connectivity index (χ4v) is 4.66. The van der Waals surface area contributed by atoms with Gasteiger partial charge in [0.25, 0.3) is 0 Å². The third kappa shape index (κ3) is 7.13. The second-order valence-corrected chi connectivity index (χ2v) is 10.7. The number of benzene rings is 3.